The van der Waals surface area contributed by atoms with Crippen LogP contribution in [-0.4, -0.2) is 39.8 Å². The molecule has 1 aromatic heterocycles. The average molecular weight is 554 g/mol. The molecule has 1 fully saturated rings. The van der Waals surface area contributed by atoms with Crippen LogP contribution in [-0.2, 0) is 22.4 Å². The van der Waals surface area contributed by atoms with Gasteiger partial charge in [-0.25, -0.2) is 9.78 Å². The van der Waals surface area contributed by atoms with Gasteiger partial charge in [0, 0.05) is 31.0 Å². The molecule has 0 aliphatic heterocycles. The standard InChI is InChI=1S/C29H29Cl2N3O4/c30-22-7-4-8-23(31)27(22)28(36)34-24(29(37)38)15-18-10-12-19(13-11-18)16-25(35)20-5-3-6-21(17-20)33-26-9-1-2-14-32-26/h1-2,4,7-14,20-21,24H,3,5-6,15-17H2,(H,32,33)(H,34,36)(H,37,38)/t20-,21-,24+/m1/s1. The van der Waals surface area contributed by atoms with Gasteiger partial charge in [-0.15, -0.1) is 0 Å². The summed E-state index contributed by atoms with van der Waals surface area (Å²) in [6.07, 6.45) is 5.81. The van der Waals surface area contributed by atoms with Gasteiger partial charge in [0.15, 0.2) is 0 Å². The fraction of sp³-hybridized carbons (Fsp3) is 0.310. The highest BCUT2D eigenvalue weighted by molar-refractivity contribution is 6.39. The Kier molecular flexibility index (Phi) is 9.37. The summed E-state index contributed by atoms with van der Waals surface area (Å²) in [7, 11) is 0. The van der Waals surface area contributed by atoms with E-state index in [1.807, 2.05) is 30.3 Å². The summed E-state index contributed by atoms with van der Waals surface area (Å²) >= 11 is 12.2. The second kappa shape index (κ2) is 12.9. The van der Waals surface area contributed by atoms with Gasteiger partial charge in [0.1, 0.15) is 17.6 Å². The Morgan fingerprint density at radius 1 is 0.947 bits per heavy atom. The number of carboxylic acids is 1. The van der Waals surface area contributed by atoms with Crippen LogP contribution in [0.4, 0.5) is 5.82 Å². The van der Waals surface area contributed by atoms with Gasteiger partial charge in [-0.05, 0) is 54.7 Å². The number of aliphatic carboxylic acids is 1. The Labute approximate surface area is 231 Å². The third-order valence-corrected chi connectivity index (χ3v) is 7.41. The van der Waals surface area contributed by atoms with Gasteiger partial charge in [-0.1, -0.05) is 66.0 Å². The van der Waals surface area contributed by atoms with E-state index in [-0.39, 0.29) is 39.8 Å². The third-order valence-electron chi connectivity index (χ3n) is 6.78. The molecule has 1 aliphatic rings. The first-order valence-electron chi connectivity index (χ1n) is 12.6. The second-order valence-electron chi connectivity index (χ2n) is 9.54. The number of anilines is 1. The molecule has 1 saturated carbocycles. The van der Waals surface area contributed by atoms with Crippen molar-refractivity contribution in [2.75, 3.05) is 5.32 Å². The minimum Gasteiger partial charge on any atom is -0.480 e. The number of nitrogens with one attached hydrogen (secondary N) is 2. The van der Waals surface area contributed by atoms with E-state index in [1.165, 1.54) is 12.1 Å². The van der Waals surface area contributed by atoms with Crippen LogP contribution in [0.25, 0.3) is 0 Å². The first-order chi connectivity index (χ1) is 18.3. The first kappa shape index (κ1) is 27.6. The number of amides is 1. The first-order valence-corrected chi connectivity index (χ1v) is 13.3. The molecule has 1 heterocycles. The van der Waals surface area contributed by atoms with Gasteiger partial charge in [0.2, 0.25) is 0 Å². The lowest BCUT2D eigenvalue weighted by molar-refractivity contribution is -0.139. The van der Waals surface area contributed by atoms with Crippen molar-refractivity contribution in [1.82, 2.24) is 10.3 Å². The molecule has 38 heavy (non-hydrogen) atoms. The summed E-state index contributed by atoms with van der Waals surface area (Å²) in [5, 5.41) is 15.9. The lowest BCUT2D eigenvalue weighted by atomic mass is 9.81. The monoisotopic (exact) mass is 553 g/mol. The van der Waals surface area contributed by atoms with E-state index < -0.39 is 17.9 Å². The van der Waals surface area contributed by atoms with Crippen molar-refractivity contribution in [1.29, 1.82) is 0 Å². The molecule has 198 valence electrons. The minimum atomic E-state index is -1.17. The van der Waals surface area contributed by atoms with Crippen LogP contribution < -0.4 is 10.6 Å². The zero-order chi connectivity index (χ0) is 27.1. The average Bonchev–Trinajstić information content (AvgIpc) is 2.90. The van der Waals surface area contributed by atoms with E-state index in [1.54, 1.807) is 24.4 Å². The van der Waals surface area contributed by atoms with Crippen LogP contribution in [0.5, 0.6) is 0 Å². The SMILES string of the molecule is O=C(N[C@@H](Cc1ccc(CC(=O)[C@@H]2CCC[C@@H](Nc3ccccn3)C2)cc1)C(=O)O)c1c(Cl)cccc1Cl. The zero-order valence-electron chi connectivity index (χ0n) is 20.7. The smallest absolute Gasteiger partial charge is 0.326 e. The number of hydrogen-bond acceptors (Lipinski definition) is 5. The molecular formula is C29H29Cl2N3O4. The lowest BCUT2D eigenvalue weighted by Crippen LogP contribution is -2.42. The summed E-state index contributed by atoms with van der Waals surface area (Å²) in [4.78, 5) is 41.8. The van der Waals surface area contributed by atoms with E-state index in [2.05, 4.69) is 15.6 Å². The Morgan fingerprint density at radius 3 is 2.32 bits per heavy atom. The predicted octanol–water partition coefficient (Wildman–Crippen LogP) is 5.60. The maximum absolute atomic E-state index is 13.0. The molecule has 4 rings (SSSR count). The summed E-state index contributed by atoms with van der Waals surface area (Å²) in [6.45, 7) is 0. The van der Waals surface area contributed by atoms with Crippen LogP contribution in [0.2, 0.25) is 10.0 Å². The number of halogens is 2. The number of ketones is 1. The molecule has 0 unspecified atom stereocenters. The number of carboxylic acid groups (broad SMARTS) is 1. The number of hydrogen-bond donors (Lipinski definition) is 3. The maximum atomic E-state index is 13.0. The maximum Gasteiger partial charge on any atom is 0.326 e. The molecule has 0 spiro atoms. The number of carbonyl (C=O) groups is 3. The molecule has 3 N–H and O–H groups in total. The number of rotatable bonds is 10. The van der Waals surface area contributed by atoms with E-state index in [0.717, 1.165) is 42.6 Å². The summed E-state index contributed by atoms with van der Waals surface area (Å²) in [6, 6.07) is 16.7. The van der Waals surface area contributed by atoms with Gasteiger partial charge in [-0.2, -0.15) is 0 Å². The number of Topliss-reactive ketones (excluding diaryl/α,β-unsaturated/α-hetero) is 1. The highest BCUT2D eigenvalue weighted by Gasteiger charge is 2.28. The summed E-state index contributed by atoms with van der Waals surface area (Å²) in [5.74, 6) is -0.803. The molecule has 0 bridgehead atoms. The van der Waals surface area contributed by atoms with Crippen molar-refractivity contribution < 1.29 is 19.5 Å². The number of aromatic nitrogens is 1. The Bertz CT molecular complexity index is 1260. The Hall–Kier alpha value is -3.42. The topological polar surface area (TPSA) is 108 Å². The third kappa shape index (κ3) is 7.33. The molecule has 2 aromatic carbocycles. The van der Waals surface area contributed by atoms with Crippen molar-refractivity contribution in [2.24, 2.45) is 5.92 Å². The highest BCUT2D eigenvalue weighted by atomic mass is 35.5. The Balaban J connectivity index is 1.33. The van der Waals surface area contributed by atoms with Crippen molar-refractivity contribution in [3.8, 4) is 0 Å². The number of benzene rings is 2. The van der Waals surface area contributed by atoms with Crippen LogP contribution in [0.1, 0.15) is 47.2 Å². The molecule has 3 atom stereocenters. The van der Waals surface area contributed by atoms with Crippen molar-refractivity contribution in [3.05, 3.63) is 93.6 Å². The number of pyridine rings is 1. The van der Waals surface area contributed by atoms with Gasteiger partial charge in [-0.3, -0.25) is 9.59 Å². The second-order valence-corrected chi connectivity index (χ2v) is 10.4. The van der Waals surface area contributed by atoms with Crippen molar-refractivity contribution in [3.63, 3.8) is 0 Å². The molecule has 9 heteroatoms. The lowest BCUT2D eigenvalue weighted by Gasteiger charge is -2.29. The van der Waals surface area contributed by atoms with Crippen molar-refractivity contribution >= 4 is 46.7 Å². The van der Waals surface area contributed by atoms with E-state index >= 15 is 0 Å². The summed E-state index contributed by atoms with van der Waals surface area (Å²) < 4.78 is 0. The normalized spacial score (nSPS) is 17.8. The molecule has 1 amide bonds. The molecule has 0 radical (unpaired) electrons. The zero-order valence-corrected chi connectivity index (χ0v) is 22.2. The fourth-order valence-electron chi connectivity index (χ4n) is 4.79. The van der Waals surface area contributed by atoms with Crippen LogP contribution in [0.15, 0.2) is 66.9 Å². The quantitative estimate of drug-likeness (QED) is 0.301. The van der Waals surface area contributed by atoms with E-state index in [9.17, 15) is 19.5 Å². The predicted molar refractivity (Wildman–Crippen MR) is 148 cm³/mol. The van der Waals surface area contributed by atoms with Gasteiger partial charge in [0.05, 0.1) is 15.6 Å². The molecule has 3 aromatic rings. The largest absolute Gasteiger partial charge is 0.480 e. The van der Waals surface area contributed by atoms with Gasteiger partial charge >= 0.3 is 5.97 Å². The Morgan fingerprint density at radius 2 is 1.66 bits per heavy atom. The van der Waals surface area contributed by atoms with Crippen LogP contribution in [0.3, 0.4) is 0 Å². The van der Waals surface area contributed by atoms with Gasteiger partial charge < -0.3 is 15.7 Å². The van der Waals surface area contributed by atoms with Crippen LogP contribution >= 0.6 is 23.2 Å². The molecule has 0 saturated heterocycles. The molecular weight excluding hydrogens is 525 g/mol. The summed E-state index contributed by atoms with van der Waals surface area (Å²) in [5.41, 5.74) is 1.63. The minimum absolute atomic E-state index is 0.00660. The molecule has 7 nitrogen and oxygen atoms in total. The van der Waals surface area contributed by atoms with Crippen LogP contribution in [0, 0.1) is 5.92 Å². The fourth-order valence-corrected chi connectivity index (χ4v) is 5.36. The van der Waals surface area contributed by atoms with Gasteiger partial charge in [0.25, 0.3) is 5.91 Å². The highest BCUT2D eigenvalue weighted by Crippen LogP contribution is 2.28. The number of carbonyl (C=O) groups excluding carboxylic acids is 2. The molecule has 1 aliphatic carbocycles. The number of nitrogens with zero attached hydrogens (tertiary/aromatic N) is 1. The van der Waals surface area contributed by atoms with E-state index in [0.29, 0.717) is 6.42 Å². The van der Waals surface area contributed by atoms with E-state index in [4.69, 9.17) is 23.2 Å². The van der Waals surface area contributed by atoms with Crippen molar-refractivity contribution in [2.45, 2.75) is 50.6 Å².